The second-order valence-corrected chi connectivity index (χ2v) is 10.1. The fourth-order valence-corrected chi connectivity index (χ4v) is 4.34. The van der Waals surface area contributed by atoms with Crippen LogP contribution < -0.4 is 10.1 Å². The van der Waals surface area contributed by atoms with Gasteiger partial charge in [-0.15, -0.1) is 13.2 Å². The van der Waals surface area contributed by atoms with Crippen LogP contribution in [0.1, 0.15) is 18.1 Å². The molecule has 0 atom stereocenters. The number of aliphatic carboxylic acids is 1. The van der Waals surface area contributed by atoms with Crippen molar-refractivity contribution in [2.24, 2.45) is 0 Å². The molecule has 0 aliphatic rings. The number of sulfone groups is 1. The van der Waals surface area contributed by atoms with Crippen LogP contribution in [0.15, 0.2) is 77.7 Å². The number of rotatable bonds is 9. The van der Waals surface area contributed by atoms with Gasteiger partial charge in [0.15, 0.2) is 9.84 Å². The quantitative estimate of drug-likeness (QED) is 0.360. The summed E-state index contributed by atoms with van der Waals surface area (Å²) in [6.45, 7) is 1.53. The van der Waals surface area contributed by atoms with Gasteiger partial charge in [0.25, 0.3) is 0 Å². The molecule has 0 unspecified atom stereocenters. The van der Waals surface area contributed by atoms with E-state index in [4.69, 9.17) is 5.11 Å². The monoisotopic (exact) mass is 533 g/mol. The Morgan fingerprint density at radius 2 is 1.68 bits per heavy atom. The molecule has 11 heteroatoms. The van der Waals surface area contributed by atoms with Gasteiger partial charge >= 0.3 is 12.3 Å². The van der Waals surface area contributed by atoms with Crippen molar-refractivity contribution in [2.75, 3.05) is 11.1 Å². The van der Waals surface area contributed by atoms with Crippen LogP contribution in [0, 0.1) is 0 Å². The zero-order chi connectivity index (χ0) is 27.2. The second-order valence-electron chi connectivity index (χ2n) is 7.79. The number of amides is 1. The fraction of sp³-hybridized carbons (Fsp3) is 0.154. The van der Waals surface area contributed by atoms with Crippen LogP contribution in [-0.4, -0.2) is 37.5 Å². The zero-order valence-corrected chi connectivity index (χ0v) is 20.3. The van der Waals surface area contributed by atoms with Gasteiger partial charge < -0.3 is 15.2 Å². The van der Waals surface area contributed by atoms with Crippen molar-refractivity contribution < 1.29 is 41.0 Å². The Morgan fingerprint density at radius 3 is 2.30 bits per heavy atom. The smallest absolute Gasteiger partial charge is 0.478 e. The molecule has 0 saturated heterocycles. The van der Waals surface area contributed by atoms with E-state index in [9.17, 15) is 31.2 Å². The molecular formula is C26H22F3NO6S. The minimum Gasteiger partial charge on any atom is -0.478 e. The van der Waals surface area contributed by atoms with Crippen LogP contribution in [0.2, 0.25) is 0 Å². The molecule has 194 valence electrons. The van der Waals surface area contributed by atoms with Gasteiger partial charge in [0.2, 0.25) is 5.91 Å². The van der Waals surface area contributed by atoms with E-state index in [1.54, 1.807) is 0 Å². The van der Waals surface area contributed by atoms with Crippen LogP contribution in [0.3, 0.4) is 0 Å². The lowest BCUT2D eigenvalue weighted by atomic mass is 9.97. The van der Waals surface area contributed by atoms with Crippen molar-refractivity contribution in [2.45, 2.75) is 24.6 Å². The molecule has 0 aromatic heterocycles. The summed E-state index contributed by atoms with van der Waals surface area (Å²) >= 11 is 0. The Bertz CT molecular complexity index is 1430. The summed E-state index contributed by atoms with van der Waals surface area (Å²) in [6.07, 6.45) is -2.98. The summed E-state index contributed by atoms with van der Waals surface area (Å²) in [7, 11) is -3.37. The molecule has 7 nitrogen and oxygen atoms in total. The highest BCUT2D eigenvalue weighted by molar-refractivity contribution is 7.91. The molecule has 0 bridgehead atoms. The molecule has 3 rings (SSSR count). The lowest BCUT2D eigenvalue weighted by Gasteiger charge is -2.16. The van der Waals surface area contributed by atoms with Gasteiger partial charge in [-0.1, -0.05) is 43.3 Å². The number of alkyl halides is 3. The predicted octanol–water partition coefficient (Wildman–Crippen LogP) is 5.32. The number of ether oxygens (including phenoxy) is 1. The molecule has 3 aromatic rings. The summed E-state index contributed by atoms with van der Waals surface area (Å²) in [4.78, 5) is 23.8. The number of carbonyl (C=O) groups is 2. The first-order chi connectivity index (χ1) is 17.4. The number of anilines is 1. The number of benzene rings is 3. The molecule has 3 aromatic carbocycles. The van der Waals surface area contributed by atoms with Gasteiger partial charge in [-0.25, -0.2) is 13.2 Å². The SMILES string of the molecule is CCS(=O)(=O)c1ccc(CC(=O)Nc2ccc(-c3ccccc3OC(F)(F)F)c(C=CC(=O)O)c2)cc1. The third kappa shape index (κ3) is 7.68. The Labute approximate surface area is 211 Å². The molecule has 0 spiro atoms. The molecule has 1 amide bonds. The molecule has 37 heavy (non-hydrogen) atoms. The summed E-state index contributed by atoms with van der Waals surface area (Å²) in [6, 6.07) is 15.7. The zero-order valence-electron chi connectivity index (χ0n) is 19.5. The standard InChI is InChI=1S/C26H22F3NO6S/c1-2-37(34,35)20-11-7-17(8-12-20)15-24(31)30-19-10-13-21(18(16-19)9-14-25(32)33)22-5-3-4-6-23(22)36-26(27,28)29/h3-14,16H,2,15H2,1H3,(H,30,31)(H,32,33). The number of hydrogen-bond acceptors (Lipinski definition) is 5. The van der Waals surface area contributed by atoms with Crippen LogP contribution in [-0.2, 0) is 25.8 Å². The van der Waals surface area contributed by atoms with E-state index in [1.807, 2.05) is 0 Å². The normalized spacial score (nSPS) is 11.9. The van der Waals surface area contributed by atoms with Gasteiger partial charge in [-0.05, 0) is 53.1 Å². The predicted molar refractivity (Wildman–Crippen MR) is 132 cm³/mol. The van der Waals surface area contributed by atoms with E-state index in [1.165, 1.54) is 73.7 Å². The number of halogens is 3. The highest BCUT2D eigenvalue weighted by atomic mass is 32.2. The van der Waals surface area contributed by atoms with Crippen LogP contribution >= 0.6 is 0 Å². The van der Waals surface area contributed by atoms with Crippen molar-refractivity contribution in [1.82, 2.24) is 0 Å². The number of carbonyl (C=O) groups excluding carboxylic acids is 1. The van der Waals surface area contributed by atoms with Crippen LogP contribution in [0.25, 0.3) is 17.2 Å². The maximum absolute atomic E-state index is 12.9. The average molecular weight is 534 g/mol. The Morgan fingerprint density at radius 1 is 1.00 bits per heavy atom. The maximum Gasteiger partial charge on any atom is 0.573 e. The third-order valence-electron chi connectivity index (χ3n) is 5.17. The molecule has 0 aliphatic heterocycles. The first kappa shape index (κ1) is 27.5. The van der Waals surface area contributed by atoms with Gasteiger partial charge in [-0.2, -0.15) is 0 Å². The molecule has 0 fully saturated rings. The second kappa shape index (κ2) is 11.3. The van der Waals surface area contributed by atoms with Gasteiger partial charge in [-0.3, -0.25) is 4.79 Å². The maximum atomic E-state index is 12.9. The van der Waals surface area contributed by atoms with E-state index >= 15 is 0 Å². The largest absolute Gasteiger partial charge is 0.573 e. The van der Waals surface area contributed by atoms with Gasteiger partial charge in [0, 0.05) is 17.3 Å². The lowest BCUT2D eigenvalue weighted by Crippen LogP contribution is -2.17. The van der Waals surface area contributed by atoms with E-state index in [2.05, 4.69) is 10.1 Å². The molecule has 0 heterocycles. The van der Waals surface area contributed by atoms with Crippen molar-refractivity contribution in [3.63, 3.8) is 0 Å². The summed E-state index contributed by atoms with van der Waals surface area (Å²) in [5.74, 6) is -2.22. The van der Waals surface area contributed by atoms with Crippen LogP contribution in [0.4, 0.5) is 18.9 Å². The topological polar surface area (TPSA) is 110 Å². The highest BCUT2D eigenvalue weighted by Gasteiger charge is 2.32. The van der Waals surface area contributed by atoms with Crippen LogP contribution in [0.5, 0.6) is 5.75 Å². The number of hydrogen-bond donors (Lipinski definition) is 2. The Hall–Kier alpha value is -4.12. The van der Waals surface area contributed by atoms with E-state index < -0.39 is 33.8 Å². The number of carboxylic acids is 1. The van der Waals surface area contributed by atoms with Crippen molar-refractivity contribution in [3.8, 4) is 16.9 Å². The molecule has 2 N–H and O–H groups in total. The highest BCUT2D eigenvalue weighted by Crippen LogP contribution is 2.37. The third-order valence-corrected chi connectivity index (χ3v) is 6.92. The first-order valence-electron chi connectivity index (χ1n) is 10.9. The Balaban J connectivity index is 1.87. The number of nitrogens with one attached hydrogen (secondary N) is 1. The van der Waals surface area contributed by atoms with Crippen molar-refractivity contribution >= 4 is 33.5 Å². The fourth-order valence-electron chi connectivity index (χ4n) is 3.46. The minimum absolute atomic E-state index is 0.0473. The van der Waals surface area contributed by atoms with Gasteiger partial charge in [0.1, 0.15) is 5.75 Å². The van der Waals surface area contributed by atoms with E-state index in [-0.39, 0.29) is 39.4 Å². The first-order valence-corrected chi connectivity index (χ1v) is 12.5. The summed E-state index contributed by atoms with van der Waals surface area (Å²) in [5, 5.41) is 11.7. The number of carboxylic acid groups (broad SMARTS) is 1. The van der Waals surface area contributed by atoms with E-state index in [0.717, 1.165) is 12.1 Å². The number of para-hydroxylation sites is 1. The summed E-state index contributed by atoms with van der Waals surface area (Å²) < 4.78 is 66.6. The average Bonchev–Trinajstić information content (AvgIpc) is 2.82. The minimum atomic E-state index is -4.93. The van der Waals surface area contributed by atoms with Crippen molar-refractivity contribution in [3.05, 3.63) is 83.9 Å². The molecule has 0 radical (unpaired) electrons. The molecule has 0 saturated carbocycles. The van der Waals surface area contributed by atoms with E-state index in [0.29, 0.717) is 5.56 Å². The lowest BCUT2D eigenvalue weighted by molar-refractivity contribution is -0.274. The van der Waals surface area contributed by atoms with Gasteiger partial charge in [0.05, 0.1) is 17.1 Å². The molecular weight excluding hydrogens is 511 g/mol. The molecule has 0 aliphatic carbocycles. The Kier molecular flexibility index (Phi) is 8.38. The summed E-state index contributed by atoms with van der Waals surface area (Å²) in [5.41, 5.74) is 1.40. The van der Waals surface area contributed by atoms with Crippen molar-refractivity contribution in [1.29, 1.82) is 0 Å².